The number of rotatable bonds is 2. The summed E-state index contributed by atoms with van der Waals surface area (Å²) in [6.07, 6.45) is 0.972. The third-order valence-electron chi connectivity index (χ3n) is 3.08. The number of nitrogens with one attached hydrogen (secondary N) is 1. The number of nitrogen functional groups attached to an aromatic ring is 1. The Labute approximate surface area is 115 Å². The molecular formula is C14H14N2O2S. The zero-order valence-corrected chi connectivity index (χ0v) is 11.3. The highest BCUT2D eigenvalue weighted by Crippen LogP contribution is 2.38. The number of hydrogen-bond acceptors (Lipinski definition) is 4. The molecule has 3 N–H and O–H groups in total. The van der Waals surface area contributed by atoms with E-state index in [2.05, 4.69) is 18.3 Å². The molecule has 0 saturated carbocycles. The van der Waals surface area contributed by atoms with Crippen LogP contribution in [0.2, 0.25) is 0 Å². The summed E-state index contributed by atoms with van der Waals surface area (Å²) in [6, 6.07) is 7.85. The lowest BCUT2D eigenvalue weighted by atomic mass is 10.1. The van der Waals surface area contributed by atoms with Crippen molar-refractivity contribution >= 4 is 27.9 Å². The van der Waals surface area contributed by atoms with Crippen LogP contribution in [0.25, 0.3) is 11.1 Å². The number of carbonyl (C=O) groups excluding carboxylic acids is 1. The van der Waals surface area contributed by atoms with Gasteiger partial charge in [-0.1, -0.05) is 13.0 Å². The Bertz CT molecular complexity index is 649. The van der Waals surface area contributed by atoms with E-state index < -0.39 is 0 Å². The van der Waals surface area contributed by atoms with Gasteiger partial charge < -0.3 is 15.8 Å². The Balaban J connectivity index is 2.03. The second-order valence-corrected chi connectivity index (χ2v) is 5.56. The van der Waals surface area contributed by atoms with E-state index in [1.165, 1.54) is 4.88 Å². The van der Waals surface area contributed by atoms with Crippen LogP contribution in [0.4, 0.5) is 10.7 Å². The molecule has 0 spiro atoms. The lowest BCUT2D eigenvalue weighted by molar-refractivity contribution is -0.118. The van der Waals surface area contributed by atoms with E-state index in [0.29, 0.717) is 11.4 Å². The van der Waals surface area contributed by atoms with Gasteiger partial charge in [-0.2, -0.15) is 0 Å². The maximum absolute atomic E-state index is 11.3. The lowest BCUT2D eigenvalue weighted by Crippen LogP contribution is -2.25. The van der Waals surface area contributed by atoms with Crippen LogP contribution in [-0.2, 0) is 11.2 Å². The molecule has 0 fully saturated rings. The van der Waals surface area contributed by atoms with Crippen molar-refractivity contribution in [2.24, 2.45) is 0 Å². The molecule has 0 radical (unpaired) electrons. The van der Waals surface area contributed by atoms with E-state index in [1.807, 2.05) is 18.2 Å². The van der Waals surface area contributed by atoms with E-state index in [9.17, 15) is 4.79 Å². The zero-order valence-electron chi connectivity index (χ0n) is 10.5. The second-order valence-electron chi connectivity index (χ2n) is 4.39. The van der Waals surface area contributed by atoms with Crippen LogP contribution >= 0.6 is 11.3 Å². The summed E-state index contributed by atoms with van der Waals surface area (Å²) in [5, 5.41) is 3.61. The summed E-state index contributed by atoms with van der Waals surface area (Å²) in [5.41, 5.74) is 8.77. The number of fused-ring (bicyclic) bond motifs is 1. The van der Waals surface area contributed by atoms with Gasteiger partial charge in [0.25, 0.3) is 5.91 Å². The fourth-order valence-corrected chi connectivity index (χ4v) is 3.00. The molecule has 0 atom stereocenters. The first kappa shape index (κ1) is 12.0. The van der Waals surface area contributed by atoms with Crippen molar-refractivity contribution in [3.8, 4) is 16.9 Å². The van der Waals surface area contributed by atoms with Crippen LogP contribution in [0.5, 0.6) is 5.75 Å². The number of amides is 1. The van der Waals surface area contributed by atoms with Gasteiger partial charge in [0, 0.05) is 10.4 Å². The Morgan fingerprint density at radius 3 is 3.00 bits per heavy atom. The highest BCUT2D eigenvalue weighted by molar-refractivity contribution is 7.16. The molecule has 2 heterocycles. The lowest BCUT2D eigenvalue weighted by Gasteiger charge is -2.18. The molecule has 5 heteroatoms. The minimum atomic E-state index is -0.128. The van der Waals surface area contributed by atoms with Gasteiger partial charge in [0.05, 0.1) is 10.7 Å². The second kappa shape index (κ2) is 4.59. The summed E-state index contributed by atoms with van der Waals surface area (Å²) in [6.45, 7) is 2.18. The van der Waals surface area contributed by atoms with Crippen molar-refractivity contribution in [3.63, 3.8) is 0 Å². The average molecular weight is 274 g/mol. The third-order valence-corrected chi connectivity index (χ3v) is 4.19. The van der Waals surface area contributed by atoms with Crippen LogP contribution in [-0.4, -0.2) is 12.5 Å². The predicted octanol–water partition coefficient (Wildman–Crippen LogP) is 2.89. The van der Waals surface area contributed by atoms with Crippen molar-refractivity contribution in [2.75, 3.05) is 17.7 Å². The van der Waals surface area contributed by atoms with Crippen molar-refractivity contribution in [1.82, 2.24) is 0 Å². The molecule has 1 aliphatic heterocycles. The number of nitrogens with two attached hydrogens (primary N) is 1. The monoisotopic (exact) mass is 274 g/mol. The van der Waals surface area contributed by atoms with Gasteiger partial charge in [0.2, 0.25) is 0 Å². The number of hydrogen-bond donors (Lipinski definition) is 2. The standard InChI is InChI=1S/C14H14N2O2S/c1-2-9-6-10(14(15)19-9)8-3-4-12-11(5-8)16-13(17)7-18-12/h3-6H,2,7,15H2,1H3,(H,16,17). The summed E-state index contributed by atoms with van der Waals surface area (Å²) in [5.74, 6) is 0.574. The fourth-order valence-electron chi connectivity index (χ4n) is 2.11. The van der Waals surface area contributed by atoms with Gasteiger partial charge in [-0.15, -0.1) is 11.3 Å². The molecule has 19 heavy (non-hydrogen) atoms. The first-order valence-corrected chi connectivity index (χ1v) is 6.94. The predicted molar refractivity (Wildman–Crippen MR) is 77.7 cm³/mol. The van der Waals surface area contributed by atoms with Crippen LogP contribution in [0.15, 0.2) is 24.3 Å². The van der Waals surface area contributed by atoms with Crippen LogP contribution < -0.4 is 15.8 Å². The van der Waals surface area contributed by atoms with E-state index >= 15 is 0 Å². The average Bonchev–Trinajstić information content (AvgIpc) is 2.79. The third kappa shape index (κ3) is 2.17. The number of ether oxygens (including phenoxy) is 1. The molecule has 4 nitrogen and oxygen atoms in total. The minimum absolute atomic E-state index is 0.0763. The maximum atomic E-state index is 11.3. The Morgan fingerprint density at radius 2 is 2.26 bits per heavy atom. The number of thiophene rings is 1. The topological polar surface area (TPSA) is 64.3 Å². The van der Waals surface area contributed by atoms with Gasteiger partial charge in [0.1, 0.15) is 5.75 Å². The highest BCUT2D eigenvalue weighted by Gasteiger charge is 2.17. The molecule has 1 aliphatic rings. The molecule has 1 amide bonds. The number of anilines is 2. The van der Waals surface area contributed by atoms with E-state index in [4.69, 9.17) is 10.5 Å². The highest BCUT2D eigenvalue weighted by atomic mass is 32.1. The fraction of sp³-hybridized carbons (Fsp3) is 0.214. The molecule has 0 aliphatic carbocycles. The number of aryl methyl sites for hydroxylation is 1. The van der Waals surface area contributed by atoms with Crippen LogP contribution in [0.3, 0.4) is 0 Å². The van der Waals surface area contributed by atoms with Crippen LogP contribution in [0.1, 0.15) is 11.8 Å². The van der Waals surface area contributed by atoms with Crippen molar-refractivity contribution in [2.45, 2.75) is 13.3 Å². The minimum Gasteiger partial charge on any atom is -0.482 e. The van der Waals surface area contributed by atoms with E-state index in [-0.39, 0.29) is 12.5 Å². The molecular weight excluding hydrogens is 260 g/mol. The quantitative estimate of drug-likeness (QED) is 0.885. The summed E-state index contributed by atoms with van der Waals surface area (Å²) < 4.78 is 5.34. The Kier molecular flexibility index (Phi) is 2.91. The summed E-state index contributed by atoms with van der Waals surface area (Å²) >= 11 is 1.61. The Hall–Kier alpha value is -2.01. The first-order chi connectivity index (χ1) is 9.17. The van der Waals surface area contributed by atoms with Gasteiger partial charge in [-0.25, -0.2) is 0 Å². The van der Waals surface area contributed by atoms with E-state index in [0.717, 1.165) is 22.5 Å². The molecule has 1 aromatic heterocycles. The van der Waals surface area contributed by atoms with E-state index in [1.54, 1.807) is 11.3 Å². The normalized spacial score (nSPS) is 13.6. The molecule has 0 bridgehead atoms. The van der Waals surface area contributed by atoms with Crippen molar-refractivity contribution < 1.29 is 9.53 Å². The van der Waals surface area contributed by atoms with Crippen LogP contribution in [0, 0.1) is 0 Å². The Morgan fingerprint density at radius 1 is 1.42 bits per heavy atom. The number of benzene rings is 1. The van der Waals surface area contributed by atoms with Crippen molar-refractivity contribution in [1.29, 1.82) is 0 Å². The molecule has 98 valence electrons. The molecule has 3 rings (SSSR count). The van der Waals surface area contributed by atoms with Gasteiger partial charge in [-0.05, 0) is 30.2 Å². The molecule has 0 unspecified atom stereocenters. The van der Waals surface area contributed by atoms with Gasteiger partial charge in [0.15, 0.2) is 6.61 Å². The maximum Gasteiger partial charge on any atom is 0.262 e. The SMILES string of the molecule is CCc1cc(-c2ccc3c(c2)NC(=O)CO3)c(N)s1. The van der Waals surface area contributed by atoms with Gasteiger partial charge >= 0.3 is 0 Å². The van der Waals surface area contributed by atoms with Crippen molar-refractivity contribution in [3.05, 3.63) is 29.1 Å². The van der Waals surface area contributed by atoms with Gasteiger partial charge in [-0.3, -0.25) is 4.79 Å². The summed E-state index contributed by atoms with van der Waals surface area (Å²) in [4.78, 5) is 12.6. The molecule has 0 saturated heterocycles. The first-order valence-electron chi connectivity index (χ1n) is 6.12. The number of carbonyl (C=O) groups is 1. The molecule has 2 aromatic rings. The zero-order chi connectivity index (χ0) is 13.4. The molecule has 1 aromatic carbocycles. The summed E-state index contributed by atoms with van der Waals surface area (Å²) in [7, 11) is 0. The smallest absolute Gasteiger partial charge is 0.262 e. The largest absolute Gasteiger partial charge is 0.482 e.